The summed E-state index contributed by atoms with van der Waals surface area (Å²) in [6.45, 7) is 18.3. The number of carbonyl (C=O) groups is 1. The lowest BCUT2D eigenvalue weighted by molar-refractivity contribution is -0.114. The largest absolute Gasteiger partial charge is 0.417 e. The molecule has 0 spiro atoms. The third kappa shape index (κ3) is 8.41. The number of ketones is 1. The van der Waals surface area contributed by atoms with Crippen LogP contribution < -0.4 is 0 Å². The van der Waals surface area contributed by atoms with Crippen molar-refractivity contribution in [3.05, 3.63) is 0 Å². The predicted octanol–water partition coefficient (Wildman–Crippen LogP) is 4.24. The van der Waals surface area contributed by atoms with Gasteiger partial charge >= 0.3 is 0 Å². The first-order valence-corrected chi connectivity index (χ1v) is 13.5. The van der Waals surface area contributed by atoms with E-state index in [1.807, 2.05) is 0 Å². The van der Waals surface area contributed by atoms with E-state index in [0.717, 1.165) is 6.42 Å². The molecular weight excluding hydrogens is 268 g/mol. The van der Waals surface area contributed by atoms with E-state index >= 15 is 0 Å². The summed E-state index contributed by atoms with van der Waals surface area (Å²) in [5, 5.41) is 0.231. The Kier molecular flexibility index (Phi) is 6.73. The summed E-state index contributed by atoms with van der Waals surface area (Å²) >= 11 is 0. The first kappa shape index (κ1) is 18.6. The highest BCUT2D eigenvalue weighted by Gasteiger charge is 2.36. The smallest absolute Gasteiger partial charge is 0.204 e. The molecule has 0 heterocycles. The maximum Gasteiger partial charge on any atom is 0.204 e. The van der Waals surface area contributed by atoms with Gasteiger partial charge in [-0.3, -0.25) is 4.79 Å². The molecule has 0 unspecified atom stereocenters. The second-order valence-corrected chi connectivity index (χ2v) is 17.2. The van der Waals surface area contributed by atoms with Gasteiger partial charge in [-0.1, -0.05) is 40.4 Å². The second-order valence-electron chi connectivity index (χ2n) is 7.64. The Bertz CT molecular complexity index is 362. The van der Waals surface area contributed by atoms with Crippen LogP contribution in [0.15, 0.2) is 0 Å². The van der Waals surface area contributed by atoms with E-state index in [0.29, 0.717) is 13.0 Å². The van der Waals surface area contributed by atoms with Crippen LogP contribution in [0.3, 0.4) is 0 Å². The predicted molar refractivity (Wildman–Crippen MR) is 88.5 cm³/mol. The van der Waals surface area contributed by atoms with Gasteiger partial charge in [-0.05, 0) is 30.5 Å². The molecule has 0 fully saturated rings. The van der Waals surface area contributed by atoms with E-state index in [-0.39, 0.29) is 10.8 Å². The zero-order chi connectivity index (χ0) is 15.3. The van der Waals surface area contributed by atoms with Gasteiger partial charge in [-0.15, -0.1) is 5.54 Å². The molecule has 2 nitrogen and oxygen atoms in total. The third-order valence-electron chi connectivity index (χ3n) is 3.39. The Morgan fingerprint density at radius 2 is 1.63 bits per heavy atom. The number of carbonyl (C=O) groups excluding carboxylic acids is 1. The van der Waals surface area contributed by atoms with Gasteiger partial charge in [0.15, 0.2) is 8.32 Å². The molecule has 0 aromatic heterocycles. The van der Waals surface area contributed by atoms with Gasteiger partial charge in [0.25, 0.3) is 0 Å². The minimum atomic E-state index is -1.67. The molecule has 0 aliphatic carbocycles. The Morgan fingerprint density at radius 3 is 2.05 bits per heavy atom. The van der Waals surface area contributed by atoms with Crippen LogP contribution in [0.25, 0.3) is 0 Å². The van der Waals surface area contributed by atoms with Crippen molar-refractivity contribution in [2.75, 3.05) is 6.61 Å². The van der Waals surface area contributed by atoms with Gasteiger partial charge < -0.3 is 4.43 Å². The second kappa shape index (κ2) is 6.87. The molecule has 0 saturated carbocycles. The minimum Gasteiger partial charge on any atom is -0.417 e. The fourth-order valence-electron chi connectivity index (χ4n) is 1.10. The summed E-state index contributed by atoms with van der Waals surface area (Å²) < 4.78 is 6.04. The Morgan fingerprint density at radius 1 is 1.11 bits per heavy atom. The molecule has 0 aliphatic heterocycles. The molecule has 0 aromatic carbocycles. The Hall–Kier alpha value is -0.376. The summed E-state index contributed by atoms with van der Waals surface area (Å²) in [6, 6.07) is 0. The molecule has 110 valence electrons. The monoisotopic (exact) mass is 298 g/mol. The van der Waals surface area contributed by atoms with Gasteiger partial charge in [0.05, 0.1) is 0 Å². The van der Waals surface area contributed by atoms with Crippen molar-refractivity contribution >= 4 is 22.2 Å². The van der Waals surface area contributed by atoms with Crippen molar-refractivity contribution in [2.24, 2.45) is 0 Å². The SMILES string of the molecule is CC(C)(C)[Si](C)(C)OCCCC(=O)C#C[Si](C)(C)C. The topological polar surface area (TPSA) is 26.3 Å². The zero-order valence-corrected chi connectivity index (χ0v) is 15.9. The summed E-state index contributed by atoms with van der Waals surface area (Å²) in [7, 11) is -3.09. The molecule has 0 radical (unpaired) electrons. The van der Waals surface area contributed by atoms with Gasteiger partial charge in [-0.25, -0.2) is 0 Å². The molecule has 0 aromatic rings. The van der Waals surface area contributed by atoms with E-state index < -0.39 is 16.4 Å². The van der Waals surface area contributed by atoms with Crippen LogP contribution in [0.2, 0.25) is 37.8 Å². The first-order valence-electron chi connectivity index (χ1n) is 7.05. The van der Waals surface area contributed by atoms with Gasteiger partial charge in [0.1, 0.15) is 8.07 Å². The molecule has 19 heavy (non-hydrogen) atoms. The highest BCUT2D eigenvalue weighted by atomic mass is 28.4. The highest BCUT2D eigenvalue weighted by Crippen LogP contribution is 2.36. The van der Waals surface area contributed by atoms with Crippen molar-refractivity contribution < 1.29 is 9.22 Å². The standard InChI is InChI=1S/C15H30O2Si2/c1-15(2,3)19(7,8)17-12-9-10-14(16)11-13-18(4,5)6/h9-10,12H2,1-8H3. The van der Waals surface area contributed by atoms with Gasteiger partial charge in [0.2, 0.25) is 5.78 Å². The van der Waals surface area contributed by atoms with Crippen molar-refractivity contribution in [1.82, 2.24) is 0 Å². The Balaban J connectivity index is 4.06. The van der Waals surface area contributed by atoms with Gasteiger partial charge in [-0.2, -0.15) is 0 Å². The van der Waals surface area contributed by atoms with E-state index in [1.165, 1.54) is 0 Å². The normalized spacial score (nSPS) is 12.8. The lowest BCUT2D eigenvalue weighted by Crippen LogP contribution is -2.41. The van der Waals surface area contributed by atoms with Crippen molar-refractivity contribution in [3.8, 4) is 11.5 Å². The molecule has 0 atom stereocenters. The Labute approximate surface area is 121 Å². The number of hydrogen-bond acceptors (Lipinski definition) is 2. The van der Waals surface area contributed by atoms with Crippen molar-refractivity contribution in [1.29, 1.82) is 0 Å². The molecule has 0 saturated heterocycles. The molecule has 0 bridgehead atoms. The lowest BCUT2D eigenvalue weighted by atomic mass is 10.2. The quantitative estimate of drug-likeness (QED) is 0.431. The van der Waals surface area contributed by atoms with Crippen LogP contribution in [0.4, 0.5) is 0 Å². The fourth-order valence-corrected chi connectivity index (χ4v) is 2.70. The lowest BCUT2D eigenvalue weighted by Gasteiger charge is -2.36. The van der Waals surface area contributed by atoms with E-state index in [9.17, 15) is 4.79 Å². The van der Waals surface area contributed by atoms with E-state index in [1.54, 1.807) is 0 Å². The first-order chi connectivity index (χ1) is 8.35. The minimum absolute atomic E-state index is 0.0567. The maximum absolute atomic E-state index is 11.6. The summed E-state index contributed by atoms with van der Waals surface area (Å²) in [6.07, 6.45) is 1.30. The molecule has 0 aliphatic rings. The number of rotatable bonds is 5. The van der Waals surface area contributed by atoms with Crippen LogP contribution in [-0.4, -0.2) is 28.8 Å². The van der Waals surface area contributed by atoms with Crippen molar-refractivity contribution in [3.63, 3.8) is 0 Å². The summed E-state index contributed by atoms with van der Waals surface area (Å²) in [5.74, 6) is 2.84. The van der Waals surface area contributed by atoms with Crippen LogP contribution in [-0.2, 0) is 9.22 Å². The molecule has 4 heteroatoms. The van der Waals surface area contributed by atoms with E-state index in [2.05, 4.69) is 65.0 Å². The number of hydrogen-bond donors (Lipinski definition) is 0. The molecular formula is C15H30O2Si2. The zero-order valence-electron chi connectivity index (χ0n) is 13.9. The average Bonchev–Trinajstić information content (AvgIpc) is 2.19. The van der Waals surface area contributed by atoms with Crippen molar-refractivity contribution in [2.45, 2.75) is 71.4 Å². The number of Topliss-reactive ketones (excluding diaryl/α,β-unsaturated/α-hetero) is 1. The van der Waals surface area contributed by atoms with E-state index in [4.69, 9.17) is 4.43 Å². The third-order valence-corrected chi connectivity index (χ3v) is 8.81. The van der Waals surface area contributed by atoms with Crippen LogP contribution in [0.5, 0.6) is 0 Å². The average molecular weight is 299 g/mol. The molecule has 0 N–H and O–H groups in total. The molecule has 0 amide bonds. The molecule has 0 rings (SSSR count). The van der Waals surface area contributed by atoms with Crippen LogP contribution >= 0.6 is 0 Å². The summed E-state index contributed by atoms with van der Waals surface area (Å²) in [4.78, 5) is 11.6. The maximum atomic E-state index is 11.6. The van der Waals surface area contributed by atoms with Gasteiger partial charge in [0, 0.05) is 13.0 Å². The fraction of sp³-hybridized carbons (Fsp3) is 0.800. The summed E-state index contributed by atoms with van der Waals surface area (Å²) in [5.41, 5.74) is 3.11. The highest BCUT2D eigenvalue weighted by molar-refractivity contribution is 6.84. The van der Waals surface area contributed by atoms with Crippen LogP contribution in [0, 0.1) is 11.5 Å². The van der Waals surface area contributed by atoms with Crippen LogP contribution in [0.1, 0.15) is 33.6 Å².